The Hall–Kier alpha value is -3.41. The Morgan fingerprint density at radius 3 is 2.34 bits per heavy atom. The summed E-state index contributed by atoms with van der Waals surface area (Å²) in [5.41, 5.74) is 3.31. The molecule has 6 heteroatoms. The number of hydrogen-bond donors (Lipinski definition) is 0. The van der Waals surface area contributed by atoms with E-state index < -0.39 is 18.1 Å². The van der Waals surface area contributed by atoms with E-state index in [1.54, 1.807) is 17.2 Å². The number of rotatable bonds is 4. The van der Waals surface area contributed by atoms with Gasteiger partial charge < -0.3 is 0 Å². The first-order valence-electron chi connectivity index (χ1n) is 10.4. The summed E-state index contributed by atoms with van der Waals surface area (Å²) in [5.74, 6) is -1.26. The molecule has 0 spiro atoms. The predicted molar refractivity (Wildman–Crippen MR) is 125 cm³/mol. The van der Waals surface area contributed by atoms with Crippen LogP contribution < -0.4 is 9.96 Å². The quantitative estimate of drug-likeness (QED) is 0.529. The standard InChI is InChI=1S/C26H21ClN2O3/c1-17-10-13-20(14-11-17)28-25(30)23-22(15-12-18-6-5-7-19(27)16-18)29(32-24(23)26(28)31)21-8-3-2-4-9-21/h2-16,22-24H,1H3/b15-12+/t22?,23-,24+/m0/s1. The van der Waals surface area contributed by atoms with Crippen molar-refractivity contribution in [2.75, 3.05) is 9.96 Å². The number of benzene rings is 3. The number of para-hydroxylation sites is 1. The van der Waals surface area contributed by atoms with Crippen molar-refractivity contribution in [1.82, 2.24) is 0 Å². The second-order valence-corrected chi connectivity index (χ2v) is 8.40. The summed E-state index contributed by atoms with van der Waals surface area (Å²) in [7, 11) is 0. The molecule has 0 N–H and O–H groups in total. The molecule has 5 rings (SSSR count). The molecule has 2 heterocycles. The summed E-state index contributed by atoms with van der Waals surface area (Å²) < 4.78 is 0. The molecular formula is C26H21ClN2O3. The summed E-state index contributed by atoms with van der Waals surface area (Å²) in [4.78, 5) is 34.1. The van der Waals surface area contributed by atoms with Gasteiger partial charge in [-0.1, -0.05) is 71.8 Å². The zero-order chi connectivity index (χ0) is 22.2. The average molecular weight is 445 g/mol. The largest absolute Gasteiger partial charge is 0.273 e. The summed E-state index contributed by atoms with van der Waals surface area (Å²) in [6.07, 6.45) is 2.94. The normalized spacial score (nSPS) is 22.8. The minimum atomic E-state index is -0.877. The minimum absolute atomic E-state index is 0.261. The number of halogens is 1. The van der Waals surface area contributed by atoms with Crippen molar-refractivity contribution < 1.29 is 14.4 Å². The van der Waals surface area contributed by atoms with E-state index in [2.05, 4.69) is 0 Å². The third kappa shape index (κ3) is 3.60. The minimum Gasteiger partial charge on any atom is -0.273 e. The second-order valence-electron chi connectivity index (χ2n) is 7.97. The Kier molecular flexibility index (Phi) is 5.29. The van der Waals surface area contributed by atoms with E-state index >= 15 is 0 Å². The SMILES string of the molecule is Cc1ccc(N2C(=O)[C@@H]3ON(c4ccccc4)C(/C=C/c4cccc(Cl)c4)[C@@H]3C2=O)cc1. The van der Waals surface area contributed by atoms with E-state index in [1.165, 1.54) is 4.90 Å². The van der Waals surface area contributed by atoms with Crippen molar-refractivity contribution in [3.05, 3.63) is 101 Å². The number of carbonyl (C=O) groups excluding carboxylic acids is 2. The van der Waals surface area contributed by atoms with E-state index in [0.717, 1.165) is 16.8 Å². The van der Waals surface area contributed by atoms with Gasteiger partial charge in [0.1, 0.15) is 5.92 Å². The van der Waals surface area contributed by atoms with Gasteiger partial charge in [-0.3, -0.25) is 14.4 Å². The van der Waals surface area contributed by atoms with Crippen molar-refractivity contribution >= 4 is 40.9 Å². The van der Waals surface area contributed by atoms with E-state index in [0.29, 0.717) is 10.7 Å². The third-order valence-corrected chi connectivity index (χ3v) is 6.03. The van der Waals surface area contributed by atoms with Crippen molar-refractivity contribution in [1.29, 1.82) is 0 Å². The maximum atomic E-state index is 13.5. The smallest absolute Gasteiger partial charge is 0.266 e. The molecule has 2 aliphatic rings. The molecule has 3 aromatic rings. The molecule has 0 aromatic heterocycles. The number of hydrogen-bond acceptors (Lipinski definition) is 4. The molecule has 3 atom stereocenters. The van der Waals surface area contributed by atoms with Crippen LogP contribution in [0.5, 0.6) is 0 Å². The van der Waals surface area contributed by atoms with Gasteiger partial charge in [-0.2, -0.15) is 0 Å². The van der Waals surface area contributed by atoms with Crippen molar-refractivity contribution in [2.45, 2.75) is 19.1 Å². The lowest BCUT2D eigenvalue weighted by Crippen LogP contribution is -2.39. The highest BCUT2D eigenvalue weighted by Gasteiger charge is 2.59. The van der Waals surface area contributed by atoms with Crippen LogP contribution in [-0.2, 0) is 14.4 Å². The van der Waals surface area contributed by atoms with Gasteiger partial charge in [-0.05, 0) is 48.9 Å². The highest BCUT2D eigenvalue weighted by Crippen LogP contribution is 2.41. The van der Waals surface area contributed by atoms with Crippen LogP contribution in [0, 0.1) is 12.8 Å². The average Bonchev–Trinajstić information content (AvgIpc) is 3.29. The van der Waals surface area contributed by atoms with Gasteiger partial charge in [0, 0.05) is 5.02 Å². The first-order valence-corrected chi connectivity index (χ1v) is 10.8. The van der Waals surface area contributed by atoms with Gasteiger partial charge in [0.2, 0.25) is 5.91 Å². The van der Waals surface area contributed by atoms with Gasteiger partial charge >= 0.3 is 0 Å². The van der Waals surface area contributed by atoms with Crippen LogP contribution in [-0.4, -0.2) is 24.0 Å². The molecule has 160 valence electrons. The van der Waals surface area contributed by atoms with Crippen molar-refractivity contribution in [3.8, 4) is 0 Å². The summed E-state index contributed by atoms with van der Waals surface area (Å²) >= 11 is 6.12. The van der Waals surface area contributed by atoms with Crippen LogP contribution in [0.2, 0.25) is 5.02 Å². The zero-order valence-corrected chi connectivity index (χ0v) is 18.1. The molecule has 2 aliphatic heterocycles. The Bertz CT molecular complexity index is 1190. The number of nitrogens with zero attached hydrogens (tertiary/aromatic N) is 2. The summed E-state index contributed by atoms with van der Waals surface area (Å²) in [6.45, 7) is 1.96. The fraction of sp³-hybridized carbons (Fsp3) is 0.154. The molecule has 0 bridgehead atoms. The van der Waals surface area contributed by atoms with Gasteiger partial charge in [-0.25, -0.2) is 9.96 Å². The first kappa shape index (κ1) is 20.5. The van der Waals surface area contributed by atoms with Gasteiger partial charge in [0.25, 0.3) is 5.91 Å². The molecule has 1 unspecified atom stereocenters. The van der Waals surface area contributed by atoms with Crippen LogP contribution in [0.4, 0.5) is 11.4 Å². The van der Waals surface area contributed by atoms with E-state index in [-0.39, 0.29) is 11.8 Å². The van der Waals surface area contributed by atoms with E-state index in [9.17, 15) is 9.59 Å². The van der Waals surface area contributed by atoms with Gasteiger partial charge in [0.15, 0.2) is 6.10 Å². The summed E-state index contributed by atoms with van der Waals surface area (Å²) in [6, 6.07) is 23.9. The number of carbonyl (C=O) groups is 2. The monoisotopic (exact) mass is 444 g/mol. The molecule has 2 amide bonds. The lowest BCUT2D eigenvalue weighted by atomic mass is 9.95. The maximum absolute atomic E-state index is 13.5. The number of aryl methyl sites for hydroxylation is 1. The van der Waals surface area contributed by atoms with Crippen LogP contribution >= 0.6 is 11.6 Å². The number of anilines is 2. The zero-order valence-electron chi connectivity index (χ0n) is 17.4. The summed E-state index contributed by atoms with van der Waals surface area (Å²) in [5, 5.41) is 2.30. The molecule has 3 aromatic carbocycles. The third-order valence-electron chi connectivity index (χ3n) is 5.80. The number of fused-ring (bicyclic) bond motifs is 1. The Labute approximate surface area is 191 Å². The number of imide groups is 1. The molecule has 0 aliphatic carbocycles. The van der Waals surface area contributed by atoms with Crippen molar-refractivity contribution in [3.63, 3.8) is 0 Å². The topological polar surface area (TPSA) is 49.9 Å². The Balaban J connectivity index is 1.52. The maximum Gasteiger partial charge on any atom is 0.266 e. The van der Waals surface area contributed by atoms with Gasteiger partial charge in [0.05, 0.1) is 17.4 Å². The lowest BCUT2D eigenvalue weighted by molar-refractivity contribution is -0.126. The number of amides is 2. The molecular weight excluding hydrogens is 424 g/mol. The second kappa shape index (κ2) is 8.26. The van der Waals surface area contributed by atoms with E-state index in [1.807, 2.05) is 85.8 Å². The molecule has 0 radical (unpaired) electrons. The first-order chi connectivity index (χ1) is 15.5. The lowest BCUT2D eigenvalue weighted by Gasteiger charge is -2.26. The fourth-order valence-corrected chi connectivity index (χ4v) is 4.42. The number of hydroxylamine groups is 1. The van der Waals surface area contributed by atoms with Crippen molar-refractivity contribution in [2.24, 2.45) is 5.92 Å². The predicted octanol–water partition coefficient (Wildman–Crippen LogP) is 5.04. The highest BCUT2D eigenvalue weighted by atomic mass is 35.5. The van der Waals surface area contributed by atoms with Crippen LogP contribution in [0.15, 0.2) is 84.9 Å². The fourth-order valence-electron chi connectivity index (χ4n) is 4.22. The molecule has 2 fully saturated rings. The Morgan fingerprint density at radius 1 is 0.875 bits per heavy atom. The van der Waals surface area contributed by atoms with Crippen LogP contribution in [0.3, 0.4) is 0 Å². The molecule has 32 heavy (non-hydrogen) atoms. The molecule has 5 nitrogen and oxygen atoms in total. The van der Waals surface area contributed by atoms with Gasteiger partial charge in [-0.15, -0.1) is 0 Å². The highest BCUT2D eigenvalue weighted by molar-refractivity contribution is 6.30. The molecule has 0 saturated carbocycles. The van der Waals surface area contributed by atoms with Crippen LogP contribution in [0.25, 0.3) is 6.08 Å². The van der Waals surface area contributed by atoms with E-state index in [4.69, 9.17) is 16.4 Å². The Morgan fingerprint density at radius 2 is 1.62 bits per heavy atom. The molecule has 2 saturated heterocycles. The van der Waals surface area contributed by atoms with Crippen LogP contribution in [0.1, 0.15) is 11.1 Å².